The zero-order valence-electron chi connectivity index (χ0n) is 14.4. The average Bonchev–Trinajstić information content (AvgIpc) is 3.12. The molecule has 0 aliphatic carbocycles. The van der Waals surface area contributed by atoms with E-state index in [0.29, 0.717) is 5.75 Å². The minimum atomic E-state index is -1.03. The van der Waals surface area contributed by atoms with E-state index in [4.69, 9.17) is 14.6 Å². The van der Waals surface area contributed by atoms with Crippen LogP contribution in [0.2, 0.25) is 0 Å². The molecular weight excluding hydrogens is 369 g/mol. The lowest BCUT2D eigenvalue weighted by Crippen LogP contribution is -2.16. The van der Waals surface area contributed by atoms with E-state index in [1.165, 1.54) is 18.3 Å². The highest BCUT2D eigenvalue weighted by atomic mass is 32.1. The molecule has 0 fully saturated rings. The largest absolute Gasteiger partial charge is 0.485 e. The number of carboxylic acid groups (broad SMARTS) is 1. The molecular formula is C20H16FNO4S. The van der Waals surface area contributed by atoms with Gasteiger partial charge in [-0.15, -0.1) is 0 Å². The molecule has 1 aliphatic rings. The smallest absolute Gasteiger partial charge is 0.347 e. The molecule has 2 aromatic carbocycles. The normalized spacial score (nSPS) is 15.7. The molecule has 27 heavy (non-hydrogen) atoms. The van der Waals surface area contributed by atoms with E-state index in [1.54, 1.807) is 12.1 Å². The lowest BCUT2D eigenvalue weighted by molar-refractivity contribution is 0.0702. The minimum Gasteiger partial charge on any atom is -0.485 e. The predicted octanol–water partition coefficient (Wildman–Crippen LogP) is 5.15. The second-order valence-electron chi connectivity index (χ2n) is 6.31. The summed E-state index contributed by atoms with van der Waals surface area (Å²) in [6.07, 6.45) is 2.60. The van der Waals surface area contributed by atoms with Gasteiger partial charge in [-0.1, -0.05) is 17.4 Å². The molecule has 1 N–H and O–H groups in total. The Bertz CT molecular complexity index is 1020. The summed E-state index contributed by atoms with van der Waals surface area (Å²) in [6.45, 7) is 1.95. The van der Waals surface area contributed by atoms with Gasteiger partial charge in [-0.25, -0.2) is 14.2 Å². The number of halogens is 1. The van der Waals surface area contributed by atoms with Crippen LogP contribution in [0.25, 0.3) is 0 Å². The summed E-state index contributed by atoms with van der Waals surface area (Å²) in [6, 6.07) is 10.2. The summed E-state index contributed by atoms with van der Waals surface area (Å²) in [4.78, 5) is 15.0. The third-order valence-corrected chi connectivity index (χ3v) is 5.33. The van der Waals surface area contributed by atoms with Crippen LogP contribution in [0.1, 0.15) is 38.9 Å². The van der Waals surface area contributed by atoms with Gasteiger partial charge in [-0.2, -0.15) is 0 Å². The number of nitrogens with zero attached hydrogens (tertiary/aromatic N) is 1. The first kappa shape index (κ1) is 17.5. The van der Waals surface area contributed by atoms with Crippen molar-refractivity contribution in [3.63, 3.8) is 0 Å². The molecule has 1 aliphatic heterocycles. The van der Waals surface area contributed by atoms with Crippen LogP contribution in [0.5, 0.6) is 16.7 Å². The molecule has 0 bridgehead atoms. The quantitative estimate of drug-likeness (QED) is 0.673. The summed E-state index contributed by atoms with van der Waals surface area (Å²) in [5.74, 6) is 0.0226. The number of fused-ring (bicyclic) bond motifs is 1. The first-order valence-corrected chi connectivity index (χ1v) is 9.24. The summed E-state index contributed by atoms with van der Waals surface area (Å²) >= 11 is 0.974. The molecule has 7 heteroatoms. The lowest BCUT2D eigenvalue weighted by Gasteiger charge is -2.27. The Balaban J connectivity index is 1.52. The summed E-state index contributed by atoms with van der Waals surface area (Å²) in [7, 11) is 0. The van der Waals surface area contributed by atoms with Gasteiger partial charge >= 0.3 is 5.97 Å². The topological polar surface area (TPSA) is 68.7 Å². The van der Waals surface area contributed by atoms with Crippen LogP contribution >= 0.6 is 11.3 Å². The van der Waals surface area contributed by atoms with E-state index in [0.717, 1.165) is 46.6 Å². The average molecular weight is 385 g/mol. The Morgan fingerprint density at radius 3 is 2.96 bits per heavy atom. The maximum Gasteiger partial charge on any atom is 0.347 e. The summed E-state index contributed by atoms with van der Waals surface area (Å²) in [5, 5.41) is 9.23. The Labute approximate surface area is 159 Å². The first-order chi connectivity index (χ1) is 13.0. The number of thiazole rings is 1. The van der Waals surface area contributed by atoms with E-state index in [2.05, 4.69) is 4.98 Å². The van der Waals surface area contributed by atoms with Crippen molar-refractivity contribution in [3.8, 4) is 16.7 Å². The van der Waals surface area contributed by atoms with Gasteiger partial charge in [0.25, 0.3) is 5.19 Å². The van der Waals surface area contributed by atoms with Crippen LogP contribution in [0, 0.1) is 12.7 Å². The molecule has 0 radical (unpaired) electrons. The number of hydrogen-bond donors (Lipinski definition) is 1. The number of hydrogen-bond acceptors (Lipinski definition) is 5. The van der Waals surface area contributed by atoms with Crippen LogP contribution < -0.4 is 9.47 Å². The number of aromatic carboxylic acids is 1. The van der Waals surface area contributed by atoms with Crippen molar-refractivity contribution >= 4 is 17.3 Å². The highest BCUT2D eigenvalue weighted by Gasteiger charge is 2.23. The van der Waals surface area contributed by atoms with Crippen molar-refractivity contribution in [1.82, 2.24) is 4.98 Å². The van der Waals surface area contributed by atoms with Crippen LogP contribution in [-0.4, -0.2) is 16.1 Å². The Morgan fingerprint density at radius 2 is 2.19 bits per heavy atom. The van der Waals surface area contributed by atoms with Gasteiger partial charge in [-0.05, 0) is 66.8 Å². The zero-order valence-corrected chi connectivity index (χ0v) is 15.3. The van der Waals surface area contributed by atoms with Crippen LogP contribution in [0.4, 0.5) is 4.39 Å². The number of aryl methyl sites for hydroxylation is 2. The van der Waals surface area contributed by atoms with Gasteiger partial charge in [0, 0.05) is 0 Å². The van der Waals surface area contributed by atoms with Gasteiger partial charge in [0.15, 0.2) is 0 Å². The van der Waals surface area contributed by atoms with Gasteiger partial charge < -0.3 is 14.6 Å². The fourth-order valence-electron chi connectivity index (χ4n) is 3.11. The first-order valence-electron chi connectivity index (χ1n) is 8.42. The lowest BCUT2D eigenvalue weighted by atomic mass is 9.94. The molecule has 0 saturated heterocycles. The molecule has 0 spiro atoms. The van der Waals surface area contributed by atoms with E-state index in [9.17, 15) is 9.18 Å². The maximum atomic E-state index is 13.6. The molecule has 5 nitrogen and oxygen atoms in total. The summed E-state index contributed by atoms with van der Waals surface area (Å²) < 4.78 is 25.3. The van der Waals surface area contributed by atoms with Gasteiger partial charge in [0.2, 0.25) is 0 Å². The van der Waals surface area contributed by atoms with E-state index < -0.39 is 5.97 Å². The Hall–Kier alpha value is -2.93. The molecule has 0 saturated carbocycles. The fraction of sp³-hybridized carbons (Fsp3) is 0.200. The van der Waals surface area contributed by atoms with Crippen LogP contribution in [0.3, 0.4) is 0 Å². The van der Waals surface area contributed by atoms with Gasteiger partial charge in [0.1, 0.15) is 28.3 Å². The Kier molecular flexibility index (Phi) is 4.53. The standard InChI is InChI=1S/C20H16FNO4S/c1-11-2-4-13(21)9-15(11)17-6-3-12-8-14(5-7-16(12)26-17)25-20-22-10-18(27-20)19(23)24/h2,4-5,7-10,17H,3,6H2,1H3,(H,23,24). The van der Waals surface area contributed by atoms with Gasteiger partial charge in [-0.3, -0.25) is 0 Å². The van der Waals surface area contributed by atoms with E-state index in [-0.39, 0.29) is 22.0 Å². The number of carboxylic acids is 1. The fourth-order valence-corrected chi connectivity index (χ4v) is 3.73. The van der Waals surface area contributed by atoms with Crippen molar-refractivity contribution in [3.05, 3.63) is 70.0 Å². The predicted molar refractivity (Wildman–Crippen MR) is 98.4 cm³/mol. The highest BCUT2D eigenvalue weighted by Crippen LogP contribution is 2.38. The number of ether oxygens (including phenoxy) is 2. The Morgan fingerprint density at radius 1 is 1.33 bits per heavy atom. The monoisotopic (exact) mass is 385 g/mol. The van der Waals surface area contributed by atoms with E-state index >= 15 is 0 Å². The zero-order chi connectivity index (χ0) is 19.0. The number of carbonyl (C=O) groups is 1. The molecule has 0 amide bonds. The van der Waals surface area contributed by atoms with Crippen molar-refractivity contribution in [2.75, 3.05) is 0 Å². The van der Waals surface area contributed by atoms with Crippen molar-refractivity contribution in [2.24, 2.45) is 0 Å². The molecule has 138 valence electrons. The third kappa shape index (κ3) is 3.64. The van der Waals surface area contributed by atoms with Crippen molar-refractivity contribution in [1.29, 1.82) is 0 Å². The maximum absolute atomic E-state index is 13.6. The molecule has 1 unspecified atom stereocenters. The van der Waals surface area contributed by atoms with E-state index in [1.807, 2.05) is 19.1 Å². The van der Waals surface area contributed by atoms with Crippen LogP contribution in [0.15, 0.2) is 42.6 Å². The molecule has 3 aromatic rings. The summed E-state index contributed by atoms with van der Waals surface area (Å²) in [5.41, 5.74) is 2.86. The second kappa shape index (κ2) is 7.00. The molecule has 4 rings (SSSR count). The number of rotatable bonds is 4. The highest BCUT2D eigenvalue weighted by molar-refractivity contribution is 7.15. The minimum absolute atomic E-state index is 0.125. The second-order valence-corrected chi connectivity index (χ2v) is 7.31. The molecule has 2 heterocycles. The number of benzene rings is 2. The van der Waals surface area contributed by atoms with Gasteiger partial charge in [0.05, 0.1) is 6.20 Å². The van der Waals surface area contributed by atoms with Crippen LogP contribution in [-0.2, 0) is 6.42 Å². The van der Waals surface area contributed by atoms with Crippen molar-refractivity contribution in [2.45, 2.75) is 25.9 Å². The molecule has 1 atom stereocenters. The SMILES string of the molecule is Cc1ccc(F)cc1C1CCc2cc(Oc3ncc(C(=O)O)s3)ccc2O1. The molecule has 1 aromatic heterocycles. The van der Waals surface area contributed by atoms with Crippen molar-refractivity contribution < 1.29 is 23.8 Å². The number of aromatic nitrogens is 1. The third-order valence-electron chi connectivity index (χ3n) is 4.47.